The van der Waals surface area contributed by atoms with E-state index in [0.29, 0.717) is 4.88 Å². The van der Waals surface area contributed by atoms with Gasteiger partial charge in [-0.2, -0.15) is 10.2 Å². The van der Waals surface area contributed by atoms with Gasteiger partial charge in [-0.25, -0.2) is 10.1 Å². The van der Waals surface area contributed by atoms with Crippen LogP contribution in [0, 0.1) is 6.92 Å². The lowest BCUT2D eigenvalue weighted by molar-refractivity contribution is 0.0959. The lowest BCUT2D eigenvalue weighted by atomic mass is 10.2. The Bertz CT molecular complexity index is 1130. The van der Waals surface area contributed by atoms with Crippen LogP contribution >= 0.6 is 11.3 Å². The van der Waals surface area contributed by atoms with E-state index in [4.69, 9.17) is 0 Å². The van der Waals surface area contributed by atoms with Gasteiger partial charge in [0, 0.05) is 5.39 Å². The van der Waals surface area contributed by atoms with E-state index in [9.17, 15) is 9.90 Å². The molecule has 0 aliphatic heterocycles. The molecule has 0 saturated carbocycles. The lowest BCUT2D eigenvalue weighted by Crippen LogP contribution is -2.16. The Morgan fingerprint density at radius 3 is 2.67 bits per heavy atom. The molecule has 0 spiro atoms. The largest absolute Gasteiger partial charge is 0.508 e. The van der Waals surface area contributed by atoms with Gasteiger partial charge in [-0.05, 0) is 55.0 Å². The van der Waals surface area contributed by atoms with Gasteiger partial charge in [-0.15, -0.1) is 11.3 Å². The average Bonchev–Trinajstić information content (AvgIpc) is 3.25. The second-order valence-corrected chi connectivity index (χ2v) is 6.98. The Morgan fingerprint density at radius 2 is 1.93 bits per heavy atom. The van der Waals surface area contributed by atoms with Crippen molar-refractivity contribution in [1.82, 2.24) is 15.2 Å². The number of aromatic hydroxyl groups is 1. The summed E-state index contributed by atoms with van der Waals surface area (Å²) >= 11 is 1.38. The topological polar surface area (TPSA) is 79.5 Å². The van der Waals surface area contributed by atoms with Crippen LogP contribution in [0.2, 0.25) is 0 Å². The second kappa shape index (κ2) is 7.05. The van der Waals surface area contributed by atoms with Crippen LogP contribution in [0.5, 0.6) is 5.75 Å². The van der Waals surface area contributed by atoms with Crippen molar-refractivity contribution in [2.24, 2.45) is 5.10 Å². The molecule has 2 heterocycles. The van der Waals surface area contributed by atoms with Crippen molar-refractivity contribution in [3.63, 3.8) is 0 Å². The number of aromatic nitrogens is 2. The lowest BCUT2D eigenvalue weighted by Gasteiger charge is -2.01. The van der Waals surface area contributed by atoms with E-state index in [1.165, 1.54) is 17.6 Å². The number of para-hydroxylation sites is 1. The summed E-state index contributed by atoms with van der Waals surface area (Å²) in [5.41, 5.74) is 5.14. The molecule has 6 nitrogen and oxygen atoms in total. The zero-order chi connectivity index (χ0) is 18.8. The van der Waals surface area contributed by atoms with Crippen molar-refractivity contribution in [3.8, 4) is 11.4 Å². The summed E-state index contributed by atoms with van der Waals surface area (Å²) in [5.74, 6) is -0.0884. The molecule has 2 aromatic heterocycles. The molecule has 27 heavy (non-hydrogen) atoms. The summed E-state index contributed by atoms with van der Waals surface area (Å²) in [4.78, 5) is 13.9. The Labute approximate surface area is 159 Å². The number of nitrogens with one attached hydrogen (secondary N) is 1. The Balaban J connectivity index is 1.57. The number of phenolic OH excluding ortho intramolecular Hbond substituents is 1. The number of benzene rings is 2. The van der Waals surface area contributed by atoms with Crippen LogP contribution in [0.3, 0.4) is 0 Å². The zero-order valence-corrected chi connectivity index (χ0v) is 15.3. The predicted molar refractivity (Wildman–Crippen MR) is 107 cm³/mol. The number of fused-ring (bicyclic) bond motifs is 1. The fourth-order valence-corrected chi connectivity index (χ4v) is 3.76. The molecule has 2 N–H and O–H groups in total. The van der Waals surface area contributed by atoms with Crippen molar-refractivity contribution >= 4 is 33.7 Å². The molecule has 4 rings (SSSR count). The highest BCUT2D eigenvalue weighted by molar-refractivity contribution is 7.20. The molecular weight excluding hydrogens is 360 g/mol. The van der Waals surface area contributed by atoms with Gasteiger partial charge in [0.1, 0.15) is 10.6 Å². The first-order valence-electron chi connectivity index (χ1n) is 8.29. The van der Waals surface area contributed by atoms with Crippen LogP contribution < -0.4 is 5.43 Å². The number of rotatable bonds is 4. The van der Waals surface area contributed by atoms with Gasteiger partial charge in [0.05, 0.1) is 22.5 Å². The molecule has 0 aliphatic rings. The van der Waals surface area contributed by atoms with E-state index in [-0.39, 0.29) is 11.7 Å². The Kier molecular flexibility index (Phi) is 4.43. The minimum absolute atomic E-state index is 0.185. The molecule has 7 heteroatoms. The van der Waals surface area contributed by atoms with Crippen LogP contribution in [0.1, 0.15) is 20.9 Å². The summed E-state index contributed by atoms with van der Waals surface area (Å²) in [5, 5.41) is 18.8. The smallest absolute Gasteiger partial charge is 0.281 e. The van der Waals surface area contributed by atoms with Crippen LogP contribution in [-0.2, 0) is 0 Å². The number of hydrazone groups is 1. The summed E-state index contributed by atoms with van der Waals surface area (Å²) in [7, 11) is 0. The molecule has 134 valence electrons. The highest BCUT2D eigenvalue weighted by atomic mass is 32.1. The van der Waals surface area contributed by atoms with Gasteiger partial charge in [0.25, 0.3) is 5.91 Å². The molecule has 0 radical (unpaired) electrons. The van der Waals surface area contributed by atoms with E-state index < -0.39 is 0 Å². The fraction of sp³-hybridized carbons (Fsp3) is 0.0500. The predicted octanol–water partition coefficient (Wildman–Crippen LogP) is 3.86. The third-order valence-electron chi connectivity index (χ3n) is 4.04. The number of aryl methyl sites for hydroxylation is 1. The molecule has 2 aromatic carbocycles. The van der Waals surface area contributed by atoms with Gasteiger partial charge in [0.15, 0.2) is 0 Å². The van der Waals surface area contributed by atoms with E-state index in [1.807, 2.05) is 48.0 Å². The molecule has 0 fully saturated rings. The number of carbonyl (C=O) groups excluding carboxylic acids is 1. The second-order valence-electron chi connectivity index (χ2n) is 5.95. The molecule has 4 aromatic rings. The van der Waals surface area contributed by atoms with Crippen LogP contribution in [0.15, 0.2) is 65.8 Å². The maximum absolute atomic E-state index is 12.4. The van der Waals surface area contributed by atoms with Crippen molar-refractivity contribution in [2.75, 3.05) is 0 Å². The van der Waals surface area contributed by atoms with Gasteiger partial charge in [0.2, 0.25) is 0 Å². The van der Waals surface area contributed by atoms with E-state index in [1.54, 1.807) is 24.3 Å². The fourth-order valence-electron chi connectivity index (χ4n) is 2.68. The van der Waals surface area contributed by atoms with Crippen molar-refractivity contribution in [2.45, 2.75) is 6.92 Å². The highest BCUT2D eigenvalue weighted by Crippen LogP contribution is 2.30. The number of phenols is 1. The maximum atomic E-state index is 12.4. The molecule has 0 unspecified atom stereocenters. The summed E-state index contributed by atoms with van der Waals surface area (Å²) in [6.07, 6.45) is 1.53. The number of amides is 1. The molecular formula is C20H16N4O2S. The normalized spacial score (nSPS) is 11.3. The van der Waals surface area contributed by atoms with Crippen molar-refractivity contribution in [3.05, 3.63) is 76.8 Å². The Morgan fingerprint density at radius 1 is 1.19 bits per heavy atom. The molecule has 0 atom stereocenters. The molecule has 0 aliphatic carbocycles. The first kappa shape index (κ1) is 17.0. The summed E-state index contributed by atoms with van der Waals surface area (Å²) < 4.78 is 1.85. The Hall–Kier alpha value is -3.45. The number of thiophene rings is 1. The van der Waals surface area contributed by atoms with E-state index in [0.717, 1.165) is 27.2 Å². The number of carbonyl (C=O) groups is 1. The van der Waals surface area contributed by atoms with Crippen molar-refractivity contribution in [1.29, 1.82) is 0 Å². The monoisotopic (exact) mass is 376 g/mol. The first-order chi connectivity index (χ1) is 13.1. The maximum Gasteiger partial charge on any atom is 0.281 e. The van der Waals surface area contributed by atoms with Crippen LogP contribution in [0.4, 0.5) is 0 Å². The van der Waals surface area contributed by atoms with Crippen molar-refractivity contribution < 1.29 is 9.90 Å². The number of hydrogen-bond donors (Lipinski definition) is 2. The van der Waals surface area contributed by atoms with Crippen LogP contribution in [-0.4, -0.2) is 27.0 Å². The van der Waals surface area contributed by atoms with Gasteiger partial charge in [-0.1, -0.05) is 18.2 Å². The quantitative estimate of drug-likeness (QED) is 0.419. The zero-order valence-electron chi connectivity index (χ0n) is 14.5. The van der Waals surface area contributed by atoms with Gasteiger partial charge < -0.3 is 5.11 Å². The SMILES string of the molecule is Cc1nn(-c2ccccc2)c2sc(C(=O)N/N=C/c3ccc(O)cc3)cc12. The van der Waals surface area contributed by atoms with Gasteiger partial charge >= 0.3 is 0 Å². The standard InChI is InChI=1S/C20H16N4O2S/c1-13-17-11-18(19(26)22-21-12-14-7-9-16(25)10-8-14)27-20(17)24(23-13)15-5-3-2-4-6-15/h2-12,25H,1H3,(H,22,26)/b21-12+. The minimum Gasteiger partial charge on any atom is -0.508 e. The minimum atomic E-state index is -0.273. The molecule has 0 saturated heterocycles. The molecule has 1 amide bonds. The van der Waals surface area contributed by atoms with E-state index in [2.05, 4.69) is 15.6 Å². The average molecular weight is 376 g/mol. The molecule has 0 bridgehead atoms. The van der Waals surface area contributed by atoms with E-state index >= 15 is 0 Å². The summed E-state index contributed by atoms with van der Waals surface area (Å²) in [6, 6.07) is 18.2. The van der Waals surface area contributed by atoms with Gasteiger partial charge in [-0.3, -0.25) is 4.79 Å². The number of hydrogen-bond acceptors (Lipinski definition) is 5. The first-order valence-corrected chi connectivity index (χ1v) is 9.10. The highest BCUT2D eigenvalue weighted by Gasteiger charge is 2.16. The van der Waals surface area contributed by atoms with Crippen LogP contribution in [0.25, 0.3) is 15.9 Å². The third kappa shape index (κ3) is 3.45. The third-order valence-corrected chi connectivity index (χ3v) is 5.15. The number of nitrogens with zero attached hydrogens (tertiary/aromatic N) is 3. The summed E-state index contributed by atoms with van der Waals surface area (Å²) in [6.45, 7) is 1.93.